The van der Waals surface area contributed by atoms with Crippen LogP contribution in [-0.4, -0.2) is 35.1 Å². The molecule has 0 saturated carbocycles. The van der Waals surface area contributed by atoms with Crippen LogP contribution in [0.2, 0.25) is 0 Å². The normalized spacial score (nSPS) is 10.9. The van der Waals surface area contributed by atoms with Crippen molar-refractivity contribution in [3.05, 3.63) is 60.4 Å². The fraction of sp³-hybridized carbons (Fsp3) is 0.263. The van der Waals surface area contributed by atoms with Gasteiger partial charge in [-0.05, 0) is 25.5 Å². The van der Waals surface area contributed by atoms with Crippen LogP contribution in [0.5, 0.6) is 0 Å². The molecule has 1 amide bonds. The highest BCUT2D eigenvalue weighted by Gasteiger charge is 2.09. The van der Waals surface area contributed by atoms with E-state index < -0.39 is 0 Å². The van der Waals surface area contributed by atoms with Gasteiger partial charge in [-0.1, -0.05) is 30.3 Å². The van der Waals surface area contributed by atoms with Gasteiger partial charge in [0, 0.05) is 43.3 Å². The molecule has 5 nitrogen and oxygen atoms in total. The van der Waals surface area contributed by atoms with Gasteiger partial charge in [-0.3, -0.25) is 4.79 Å². The third-order valence-electron chi connectivity index (χ3n) is 3.75. The third kappa shape index (κ3) is 3.81. The second-order valence-corrected chi connectivity index (χ2v) is 5.48. The van der Waals surface area contributed by atoms with Gasteiger partial charge in [-0.25, -0.2) is 4.98 Å². The maximum Gasteiger partial charge on any atom is 0.251 e. The van der Waals surface area contributed by atoms with Crippen LogP contribution in [0, 0.1) is 0 Å². The minimum Gasteiger partial charge on any atom is -0.382 e. The first-order valence-electron chi connectivity index (χ1n) is 8.18. The molecule has 0 aliphatic carbocycles. The fourth-order valence-electron chi connectivity index (χ4n) is 2.49. The zero-order chi connectivity index (χ0) is 16.8. The average molecular weight is 323 g/mol. The molecule has 0 bridgehead atoms. The highest BCUT2D eigenvalue weighted by molar-refractivity contribution is 5.95. The molecule has 1 aromatic carbocycles. The summed E-state index contributed by atoms with van der Waals surface area (Å²) in [7, 11) is 0. The average Bonchev–Trinajstić information content (AvgIpc) is 3.05. The highest BCUT2D eigenvalue weighted by Crippen LogP contribution is 2.19. The number of nitrogens with one attached hydrogen (secondary N) is 1. The van der Waals surface area contributed by atoms with Crippen molar-refractivity contribution in [1.82, 2.24) is 14.7 Å². The first-order chi connectivity index (χ1) is 11.8. The Kier molecular flexibility index (Phi) is 5.23. The summed E-state index contributed by atoms with van der Waals surface area (Å²) in [4.78, 5) is 16.8. The fourth-order valence-corrected chi connectivity index (χ4v) is 2.49. The minimum atomic E-state index is -0.0849. The van der Waals surface area contributed by atoms with Gasteiger partial charge in [0.2, 0.25) is 0 Å². The Hall–Kier alpha value is -2.66. The molecule has 0 unspecified atom stereocenters. The number of carbonyl (C=O) groups is 1. The van der Waals surface area contributed by atoms with E-state index in [1.165, 1.54) is 0 Å². The van der Waals surface area contributed by atoms with Crippen molar-refractivity contribution in [3.63, 3.8) is 0 Å². The monoisotopic (exact) mass is 323 g/mol. The van der Waals surface area contributed by atoms with E-state index in [4.69, 9.17) is 4.74 Å². The molecule has 5 heteroatoms. The Labute approximate surface area is 141 Å². The van der Waals surface area contributed by atoms with Gasteiger partial charge in [0.25, 0.3) is 5.91 Å². The van der Waals surface area contributed by atoms with E-state index in [1.807, 2.05) is 60.1 Å². The van der Waals surface area contributed by atoms with Gasteiger partial charge < -0.3 is 14.5 Å². The van der Waals surface area contributed by atoms with E-state index in [0.29, 0.717) is 25.3 Å². The van der Waals surface area contributed by atoms with Gasteiger partial charge in [-0.15, -0.1) is 0 Å². The van der Waals surface area contributed by atoms with Gasteiger partial charge in [-0.2, -0.15) is 0 Å². The number of nitrogens with zero attached hydrogens (tertiary/aromatic N) is 2. The van der Waals surface area contributed by atoms with Crippen LogP contribution < -0.4 is 5.32 Å². The first kappa shape index (κ1) is 16.2. The topological polar surface area (TPSA) is 55.6 Å². The maximum atomic E-state index is 12.2. The van der Waals surface area contributed by atoms with Crippen LogP contribution in [0.25, 0.3) is 16.9 Å². The van der Waals surface area contributed by atoms with Crippen molar-refractivity contribution >= 4 is 11.6 Å². The predicted octanol–water partition coefficient (Wildman–Crippen LogP) is 3.16. The lowest BCUT2D eigenvalue weighted by molar-refractivity contribution is 0.0944. The SMILES string of the molecule is CCOCCCNC(=O)c1ccn2cc(-c3ccccc3)nc2c1. The van der Waals surface area contributed by atoms with E-state index in [-0.39, 0.29) is 5.91 Å². The summed E-state index contributed by atoms with van der Waals surface area (Å²) in [5, 5.41) is 2.91. The van der Waals surface area contributed by atoms with Crippen molar-refractivity contribution in [2.45, 2.75) is 13.3 Å². The Bertz CT molecular complexity index is 812. The van der Waals surface area contributed by atoms with E-state index in [0.717, 1.165) is 23.3 Å². The van der Waals surface area contributed by atoms with Crippen molar-refractivity contribution < 1.29 is 9.53 Å². The number of hydrogen-bond acceptors (Lipinski definition) is 3. The molecule has 0 radical (unpaired) electrons. The lowest BCUT2D eigenvalue weighted by Gasteiger charge is -2.05. The second-order valence-electron chi connectivity index (χ2n) is 5.48. The molecule has 2 aromatic heterocycles. The first-order valence-corrected chi connectivity index (χ1v) is 8.18. The quantitative estimate of drug-likeness (QED) is 0.680. The van der Waals surface area contributed by atoms with Gasteiger partial charge in [0.05, 0.1) is 5.69 Å². The Morgan fingerprint density at radius 1 is 1.25 bits per heavy atom. The molecule has 3 aromatic rings. The second kappa shape index (κ2) is 7.75. The summed E-state index contributed by atoms with van der Waals surface area (Å²) in [6.07, 6.45) is 4.64. The Morgan fingerprint density at radius 2 is 2.08 bits per heavy atom. The number of hydrogen-bond donors (Lipinski definition) is 1. The molecule has 124 valence electrons. The van der Waals surface area contributed by atoms with Crippen LogP contribution in [0.4, 0.5) is 0 Å². The number of rotatable bonds is 7. The molecule has 2 heterocycles. The number of imidazole rings is 1. The van der Waals surface area contributed by atoms with Gasteiger partial charge in [0.15, 0.2) is 0 Å². The summed E-state index contributed by atoms with van der Waals surface area (Å²) in [5.41, 5.74) is 3.33. The lowest BCUT2D eigenvalue weighted by Crippen LogP contribution is -2.25. The van der Waals surface area contributed by atoms with E-state index in [2.05, 4.69) is 10.3 Å². The number of ether oxygens (including phenoxy) is 1. The summed E-state index contributed by atoms with van der Waals surface area (Å²) in [6.45, 7) is 3.93. The van der Waals surface area contributed by atoms with Crippen LogP contribution in [0.3, 0.4) is 0 Å². The number of fused-ring (bicyclic) bond motifs is 1. The summed E-state index contributed by atoms with van der Waals surface area (Å²) in [5.74, 6) is -0.0849. The molecule has 0 atom stereocenters. The van der Waals surface area contributed by atoms with Gasteiger partial charge >= 0.3 is 0 Å². The third-order valence-corrected chi connectivity index (χ3v) is 3.75. The molecule has 0 spiro atoms. The molecule has 0 saturated heterocycles. The van der Waals surface area contributed by atoms with Crippen molar-refractivity contribution in [3.8, 4) is 11.3 Å². The molecular formula is C19H21N3O2. The van der Waals surface area contributed by atoms with Crippen LogP contribution in [0.1, 0.15) is 23.7 Å². The molecule has 1 N–H and O–H groups in total. The van der Waals surface area contributed by atoms with Gasteiger partial charge in [0.1, 0.15) is 5.65 Å². The molecular weight excluding hydrogens is 302 g/mol. The zero-order valence-electron chi connectivity index (χ0n) is 13.7. The lowest BCUT2D eigenvalue weighted by atomic mass is 10.2. The predicted molar refractivity (Wildman–Crippen MR) is 94.1 cm³/mol. The molecule has 0 aliphatic heterocycles. The molecule has 0 fully saturated rings. The highest BCUT2D eigenvalue weighted by atomic mass is 16.5. The van der Waals surface area contributed by atoms with E-state index in [1.54, 1.807) is 6.07 Å². The minimum absolute atomic E-state index is 0.0849. The maximum absolute atomic E-state index is 12.2. The largest absolute Gasteiger partial charge is 0.382 e. The van der Waals surface area contributed by atoms with Crippen LogP contribution in [0.15, 0.2) is 54.9 Å². The Balaban J connectivity index is 1.70. The number of aromatic nitrogens is 2. The van der Waals surface area contributed by atoms with Crippen molar-refractivity contribution in [2.75, 3.05) is 19.8 Å². The Morgan fingerprint density at radius 3 is 2.88 bits per heavy atom. The number of amides is 1. The van der Waals surface area contributed by atoms with Crippen molar-refractivity contribution in [1.29, 1.82) is 0 Å². The van der Waals surface area contributed by atoms with Crippen LogP contribution >= 0.6 is 0 Å². The number of carbonyl (C=O) groups excluding carboxylic acids is 1. The molecule has 3 rings (SSSR count). The molecule has 24 heavy (non-hydrogen) atoms. The standard InChI is InChI=1S/C19H21N3O2/c1-2-24-12-6-10-20-19(23)16-9-11-22-14-17(21-18(22)13-16)15-7-4-3-5-8-15/h3-5,7-9,11,13-14H,2,6,10,12H2,1H3,(H,20,23). The van der Waals surface area contributed by atoms with Crippen molar-refractivity contribution in [2.24, 2.45) is 0 Å². The van der Waals surface area contributed by atoms with Crippen LogP contribution in [-0.2, 0) is 4.74 Å². The van der Waals surface area contributed by atoms with E-state index >= 15 is 0 Å². The summed E-state index contributed by atoms with van der Waals surface area (Å²) >= 11 is 0. The molecule has 0 aliphatic rings. The number of benzene rings is 1. The summed E-state index contributed by atoms with van der Waals surface area (Å²) < 4.78 is 7.18. The number of pyridine rings is 1. The zero-order valence-corrected chi connectivity index (χ0v) is 13.7. The summed E-state index contributed by atoms with van der Waals surface area (Å²) in [6, 6.07) is 13.6. The smallest absolute Gasteiger partial charge is 0.251 e. The van der Waals surface area contributed by atoms with E-state index in [9.17, 15) is 4.79 Å².